The Morgan fingerprint density at radius 2 is 1.58 bits per heavy atom. The molecule has 0 unspecified atom stereocenters. The van der Waals surface area contributed by atoms with Crippen molar-refractivity contribution in [1.82, 2.24) is 3.97 Å². The van der Waals surface area contributed by atoms with Crippen molar-refractivity contribution in [3.63, 3.8) is 0 Å². The highest BCUT2D eigenvalue weighted by Gasteiger charge is 2.26. The third-order valence-electron chi connectivity index (χ3n) is 3.83. The minimum Gasteiger partial charge on any atom is -0.298 e. The van der Waals surface area contributed by atoms with Crippen molar-refractivity contribution in [3.8, 4) is 11.5 Å². The Labute approximate surface area is 154 Å². The van der Waals surface area contributed by atoms with Crippen LogP contribution in [0.25, 0.3) is 10.9 Å². The number of hydrogen-bond acceptors (Lipinski definition) is 3. The van der Waals surface area contributed by atoms with Crippen LogP contribution in [0.2, 0.25) is 19.6 Å². The lowest BCUT2D eigenvalue weighted by molar-refractivity contribution is 0.112. The van der Waals surface area contributed by atoms with Gasteiger partial charge < -0.3 is 0 Å². The van der Waals surface area contributed by atoms with Gasteiger partial charge in [0.05, 0.1) is 16.0 Å². The molecule has 0 aliphatic heterocycles. The Balaban J connectivity index is 2.44. The number of benzene rings is 2. The van der Waals surface area contributed by atoms with E-state index in [0.29, 0.717) is 22.8 Å². The Morgan fingerprint density at radius 1 is 0.962 bits per heavy atom. The zero-order chi connectivity index (χ0) is 18.9. The molecule has 0 saturated carbocycles. The quantitative estimate of drug-likeness (QED) is 0.392. The maximum absolute atomic E-state index is 13.3. The van der Waals surface area contributed by atoms with Crippen molar-refractivity contribution in [2.24, 2.45) is 0 Å². The number of nitrogens with zero attached hydrogens (tertiary/aromatic N) is 1. The molecule has 3 aromatic rings. The van der Waals surface area contributed by atoms with Gasteiger partial charge in [-0.2, -0.15) is 0 Å². The fourth-order valence-electron chi connectivity index (χ4n) is 2.67. The zero-order valence-corrected chi connectivity index (χ0v) is 16.7. The van der Waals surface area contributed by atoms with Gasteiger partial charge in [0.1, 0.15) is 13.8 Å². The van der Waals surface area contributed by atoms with E-state index in [1.807, 2.05) is 0 Å². The average Bonchev–Trinajstić information content (AvgIpc) is 2.94. The zero-order valence-electron chi connectivity index (χ0n) is 14.9. The van der Waals surface area contributed by atoms with Gasteiger partial charge in [-0.15, -0.1) is 5.54 Å². The molecule has 132 valence electrons. The fourth-order valence-corrected chi connectivity index (χ4v) is 4.68. The number of rotatable bonds is 3. The van der Waals surface area contributed by atoms with Gasteiger partial charge >= 0.3 is 0 Å². The molecular formula is C20H19NO3SSi. The van der Waals surface area contributed by atoms with Crippen LogP contribution in [0.5, 0.6) is 0 Å². The van der Waals surface area contributed by atoms with Gasteiger partial charge in [0.2, 0.25) is 0 Å². The van der Waals surface area contributed by atoms with E-state index in [9.17, 15) is 13.2 Å². The largest absolute Gasteiger partial charge is 0.298 e. The highest BCUT2D eigenvalue weighted by atomic mass is 32.2. The van der Waals surface area contributed by atoms with Gasteiger partial charge in [0.15, 0.2) is 6.29 Å². The van der Waals surface area contributed by atoms with Crippen LogP contribution in [0.1, 0.15) is 16.1 Å². The fraction of sp³-hybridized carbons (Fsp3) is 0.150. The second kappa shape index (κ2) is 6.59. The molecule has 0 atom stereocenters. The summed E-state index contributed by atoms with van der Waals surface area (Å²) in [6.07, 6.45) is 0.688. The van der Waals surface area contributed by atoms with Crippen LogP contribution in [0.4, 0.5) is 0 Å². The molecule has 1 heterocycles. The molecule has 0 amide bonds. The van der Waals surface area contributed by atoms with Crippen LogP contribution in [0.3, 0.4) is 0 Å². The second-order valence-electron chi connectivity index (χ2n) is 6.98. The molecule has 0 aliphatic rings. The smallest absolute Gasteiger partial charge is 0.269 e. The van der Waals surface area contributed by atoms with Crippen molar-refractivity contribution < 1.29 is 13.2 Å². The minimum atomic E-state index is -3.88. The number of carbonyl (C=O) groups excluding carboxylic acids is 1. The van der Waals surface area contributed by atoms with Crippen molar-refractivity contribution in [3.05, 3.63) is 65.9 Å². The summed E-state index contributed by atoms with van der Waals surface area (Å²) in [5.41, 5.74) is 4.18. The van der Waals surface area contributed by atoms with E-state index in [4.69, 9.17) is 0 Å². The third kappa shape index (κ3) is 3.24. The monoisotopic (exact) mass is 381 g/mol. The molecule has 4 nitrogen and oxygen atoms in total. The van der Waals surface area contributed by atoms with Crippen LogP contribution in [-0.4, -0.2) is 26.8 Å². The first-order valence-corrected chi connectivity index (χ1v) is 13.1. The molecule has 26 heavy (non-hydrogen) atoms. The Morgan fingerprint density at radius 3 is 2.19 bits per heavy atom. The summed E-state index contributed by atoms with van der Waals surface area (Å²) in [6, 6.07) is 15.2. The van der Waals surface area contributed by atoms with Crippen LogP contribution in [0, 0.1) is 11.5 Å². The number of aldehydes is 1. The predicted molar refractivity (Wildman–Crippen MR) is 107 cm³/mol. The van der Waals surface area contributed by atoms with Gasteiger partial charge in [0.25, 0.3) is 10.0 Å². The van der Waals surface area contributed by atoms with Crippen LogP contribution < -0.4 is 0 Å². The number of fused-ring (bicyclic) bond motifs is 1. The average molecular weight is 382 g/mol. The molecule has 0 bridgehead atoms. The highest BCUT2D eigenvalue weighted by Crippen LogP contribution is 2.29. The van der Waals surface area contributed by atoms with Crippen LogP contribution >= 0.6 is 0 Å². The normalized spacial score (nSPS) is 11.8. The number of para-hydroxylation sites is 1. The van der Waals surface area contributed by atoms with E-state index in [-0.39, 0.29) is 10.6 Å². The first-order chi connectivity index (χ1) is 12.3. The van der Waals surface area contributed by atoms with E-state index in [2.05, 4.69) is 31.1 Å². The van der Waals surface area contributed by atoms with Crippen molar-refractivity contribution in [2.75, 3.05) is 0 Å². The summed E-state index contributed by atoms with van der Waals surface area (Å²) in [4.78, 5) is 11.9. The molecule has 0 N–H and O–H groups in total. The molecule has 1 aromatic heterocycles. The maximum atomic E-state index is 13.3. The predicted octanol–water partition coefficient (Wildman–Crippen LogP) is 3.92. The van der Waals surface area contributed by atoms with E-state index >= 15 is 0 Å². The summed E-state index contributed by atoms with van der Waals surface area (Å²) >= 11 is 0. The molecule has 2 aromatic carbocycles. The molecule has 0 spiro atoms. The summed E-state index contributed by atoms with van der Waals surface area (Å²) in [5.74, 6) is 3.00. The van der Waals surface area contributed by atoms with Crippen molar-refractivity contribution >= 4 is 35.3 Å². The highest BCUT2D eigenvalue weighted by molar-refractivity contribution is 7.90. The molecule has 6 heteroatoms. The van der Waals surface area contributed by atoms with Crippen molar-refractivity contribution in [1.29, 1.82) is 0 Å². The summed E-state index contributed by atoms with van der Waals surface area (Å²) in [7, 11) is -5.65. The first kappa shape index (κ1) is 18.2. The lowest BCUT2D eigenvalue weighted by atomic mass is 10.1. The Hall–Kier alpha value is -2.62. The number of aromatic nitrogens is 1. The van der Waals surface area contributed by atoms with Crippen molar-refractivity contribution in [2.45, 2.75) is 24.5 Å². The minimum absolute atomic E-state index is 0.161. The SMILES string of the molecule is C[Si](C)(C)C#Cc1c(C=O)c2ccccc2n1S(=O)(=O)c1ccccc1. The third-order valence-corrected chi connectivity index (χ3v) is 6.43. The molecular weight excluding hydrogens is 362 g/mol. The van der Waals surface area contributed by atoms with E-state index in [1.54, 1.807) is 54.6 Å². The Bertz CT molecular complexity index is 1140. The topological polar surface area (TPSA) is 56.1 Å². The standard InChI is InChI=1S/C20H19NO3SSi/c1-26(2,3)14-13-20-18(15-22)17-11-7-8-12-19(17)21(20)25(23,24)16-9-5-4-6-10-16/h4-12,15H,1-3H3. The van der Waals surface area contributed by atoms with Gasteiger partial charge in [-0.05, 0) is 18.2 Å². The van der Waals surface area contributed by atoms with Gasteiger partial charge in [-0.3, -0.25) is 4.79 Å². The lowest BCUT2D eigenvalue weighted by Gasteiger charge is -2.10. The first-order valence-electron chi connectivity index (χ1n) is 8.18. The lowest BCUT2D eigenvalue weighted by Crippen LogP contribution is -2.18. The van der Waals surface area contributed by atoms with E-state index < -0.39 is 18.1 Å². The summed E-state index contributed by atoms with van der Waals surface area (Å²) in [5, 5.41) is 0.585. The Kier molecular flexibility index (Phi) is 4.61. The van der Waals surface area contributed by atoms with Crippen LogP contribution in [0.15, 0.2) is 59.5 Å². The summed E-state index contributed by atoms with van der Waals surface area (Å²) < 4.78 is 27.8. The van der Waals surface area contributed by atoms with Gasteiger partial charge in [0, 0.05) is 5.39 Å². The number of carbonyl (C=O) groups is 1. The van der Waals surface area contributed by atoms with E-state index in [0.717, 1.165) is 0 Å². The molecule has 3 rings (SSSR count). The molecule has 0 radical (unpaired) electrons. The van der Waals surface area contributed by atoms with Crippen LogP contribution in [-0.2, 0) is 10.0 Å². The maximum Gasteiger partial charge on any atom is 0.269 e. The molecule has 0 fully saturated rings. The van der Waals surface area contributed by atoms with Gasteiger partial charge in [-0.25, -0.2) is 12.4 Å². The number of hydrogen-bond donors (Lipinski definition) is 0. The van der Waals surface area contributed by atoms with E-state index in [1.165, 1.54) is 3.97 Å². The molecule has 0 aliphatic carbocycles. The second-order valence-corrected chi connectivity index (χ2v) is 13.5. The van der Waals surface area contributed by atoms with Gasteiger partial charge in [-0.1, -0.05) is 62.0 Å². The molecule has 0 saturated heterocycles. The summed E-state index contributed by atoms with van der Waals surface area (Å²) in [6.45, 7) is 6.21.